The highest BCUT2D eigenvalue weighted by Crippen LogP contribution is 2.42. The Bertz CT molecular complexity index is 578. The van der Waals surface area contributed by atoms with Crippen LogP contribution in [0.3, 0.4) is 0 Å². The quantitative estimate of drug-likeness (QED) is 0.906. The molecule has 0 saturated heterocycles. The number of fused-ring (bicyclic) bond motifs is 1. The highest BCUT2D eigenvalue weighted by atomic mass is 32.1. The van der Waals surface area contributed by atoms with Gasteiger partial charge < -0.3 is 10.1 Å². The molecule has 0 radical (unpaired) electrons. The first-order chi connectivity index (χ1) is 9.79. The number of hydrogen-bond acceptors (Lipinski definition) is 3. The number of nitrogens with one attached hydrogen (secondary N) is 1. The van der Waals surface area contributed by atoms with E-state index in [0.717, 1.165) is 25.3 Å². The van der Waals surface area contributed by atoms with Crippen molar-refractivity contribution in [1.82, 2.24) is 5.32 Å². The topological polar surface area (TPSA) is 21.3 Å². The van der Waals surface area contributed by atoms with Crippen molar-refractivity contribution in [1.29, 1.82) is 0 Å². The summed E-state index contributed by atoms with van der Waals surface area (Å²) in [5.41, 5.74) is 2.75. The van der Waals surface area contributed by atoms with Gasteiger partial charge in [0.05, 0.1) is 6.61 Å². The van der Waals surface area contributed by atoms with E-state index in [1.165, 1.54) is 16.0 Å². The fourth-order valence-corrected chi connectivity index (χ4v) is 3.80. The van der Waals surface area contributed by atoms with Crippen molar-refractivity contribution in [3.8, 4) is 5.75 Å². The third-order valence-electron chi connectivity index (χ3n) is 3.94. The standard InChI is InChI=1S/C17H21NOS/c1-3-18-17(13-10-12(2)20-11-13)15-8-9-19-16-7-5-4-6-14(15)16/h4-7,10-11,15,17-18H,3,8-9H2,1-2H3. The normalized spacial score (nSPS) is 19.2. The minimum Gasteiger partial charge on any atom is -0.493 e. The summed E-state index contributed by atoms with van der Waals surface area (Å²) in [6, 6.07) is 11.2. The zero-order valence-corrected chi connectivity index (χ0v) is 12.9. The molecule has 2 atom stereocenters. The maximum atomic E-state index is 5.80. The largest absolute Gasteiger partial charge is 0.493 e. The van der Waals surface area contributed by atoms with E-state index in [4.69, 9.17) is 4.74 Å². The maximum absolute atomic E-state index is 5.80. The molecule has 3 rings (SSSR count). The summed E-state index contributed by atoms with van der Waals surface area (Å²) in [5.74, 6) is 1.55. The van der Waals surface area contributed by atoms with Crippen LogP contribution in [-0.2, 0) is 0 Å². The molecule has 2 heterocycles. The molecule has 2 unspecified atom stereocenters. The SMILES string of the molecule is CCNC(c1csc(C)c1)C1CCOc2ccccc21. The van der Waals surface area contributed by atoms with Crippen molar-refractivity contribution in [2.24, 2.45) is 0 Å². The van der Waals surface area contributed by atoms with Crippen LogP contribution in [0.2, 0.25) is 0 Å². The number of likely N-dealkylation sites (N-methyl/N-ethyl adjacent to an activating group) is 1. The minimum atomic E-state index is 0.384. The minimum absolute atomic E-state index is 0.384. The van der Waals surface area contributed by atoms with Crippen molar-refractivity contribution in [2.45, 2.75) is 32.2 Å². The molecule has 106 valence electrons. The first-order valence-electron chi connectivity index (χ1n) is 7.29. The molecule has 1 aliphatic rings. The molecule has 1 N–H and O–H groups in total. The first-order valence-corrected chi connectivity index (χ1v) is 8.17. The van der Waals surface area contributed by atoms with Crippen LogP contribution in [0.1, 0.15) is 41.3 Å². The van der Waals surface area contributed by atoms with Crippen LogP contribution >= 0.6 is 11.3 Å². The summed E-state index contributed by atoms with van der Waals surface area (Å²) in [7, 11) is 0. The van der Waals surface area contributed by atoms with Crippen molar-refractivity contribution in [3.63, 3.8) is 0 Å². The zero-order valence-electron chi connectivity index (χ0n) is 12.1. The van der Waals surface area contributed by atoms with E-state index in [0.29, 0.717) is 12.0 Å². The van der Waals surface area contributed by atoms with Crippen molar-refractivity contribution >= 4 is 11.3 Å². The lowest BCUT2D eigenvalue weighted by Crippen LogP contribution is -2.30. The van der Waals surface area contributed by atoms with Crippen molar-refractivity contribution in [3.05, 3.63) is 51.7 Å². The van der Waals surface area contributed by atoms with E-state index >= 15 is 0 Å². The van der Waals surface area contributed by atoms with Crippen molar-refractivity contribution in [2.75, 3.05) is 13.2 Å². The molecule has 0 bridgehead atoms. The molecule has 1 aromatic carbocycles. The predicted octanol–water partition coefficient (Wildman–Crippen LogP) is 4.27. The zero-order chi connectivity index (χ0) is 13.9. The summed E-state index contributed by atoms with van der Waals surface area (Å²) < 4.78 is 5.80. The molecular weight excluding hydrogens is 266 g/mol. The summed E-state index contributed by atoms with van der Waals surface area (Å²) >= 11 is 1.83. The van der Waals surface area contributed by atoms with Gasteiger partial charge in [-0.05, 0) is 48.5 Å². The molecular formula is C17H21NOS. The Hall–Kier alpha value is -1.32. The molecule has 3 heteroatoms. The summed E-state index contributed by atoms with van der Waals surface area (Å²) in [6.45, 7) is 6.15. The Labute approximate surface area is 124 Å². The average Bonchev–Trinajstić information content (AvgIpc) is 2.91. The first kappa shape index (κ1) is 13.7. The van der Waals surface area contributed by atoms with E-state index in [1.807, 2.05) is 11.3 Å². The van der Waals surface area contributed by atoms with E-state index in [-0.39, 0.29) is 0 Å². The Morgan fingerprint density at radius 2 is 2.25 bits per heavy atom. The van der Waals surface area contributed by atoms with Crippen LogP contribution < -0.4 is 10.1 Å². The number of aryl methyl sites for hydroxylation is 1. The molecule has 2 aromatic rings. The fourth-order valence-electron chi connectivity index (χ4n) is 3.06. The second kappa shape index (κ2) is 5.98. The molecule has 2 nitrogen and oxygen atoms in total. The highest BCUT2D eigenvalue weighted by molar-refractivity contribution is 7.10. The van der Waals surface area contributed by atoms with Gasteiger partial charge in [0.2, 0.25) is 0 Å². The lowest BCUT2D eigenvalue weighted by molar-refractivity contribution is 0.246. The molecule has 1 aliphatic heterocycles. The average molecular weight is 287 g/mol. The van der Waals surface area contributed by atoms with Crippen molar-refractivity contribution < 1.29 is 4.74 Å². The van der Waals surface area contributed by atoms with E-state index in [2.05, 4.69) is 54.9 Å². The van der Waals surface area contributed by atoms with Gasteiger partial charge in [-0.1, -0.05) is 25.1 Å². The molecule has 20 heavy (non-hydrogen) atoms. The van der Waals surface area contributed by atoms with E-state index < -0.39 is 0 Å². The maximum Gasteiger partial charge on any atom is 0.122 e. The van der Waals surface area contributed by atoms with Crippen LogP contribution in [-0.4, -0.2) is 13.2 Å². The lowest BCUT2D eigenvalue weighted by atomic mass is 9.84. The molecule has 0 aliphatic carbocycles. The Kier molecular flexibility index (Phi) is 4.08. The number of hydrogen-bond donors (Lipinski definition) is 1. The van der Waals surface area contributed by atoms with Crippen LogP contribution in [0.25, 0.3) is 0 Å². The Morgan fingerprint density at radius 1 is 1.40 bits per heavy atom. The molecule has 0 saturated carbocycles. The molecule has 1 aromatic heterocycles. The van der Waals surface area contributed by atoms with Gasteiger partial charge in [-0.3, -0.25) is 0 Å². The number of ether oxygens (including phenoxy) is 1. The number of thiophene rings is 1. The summed E-state index contributed by atoms with van der Waals surface area (Å²) in [5, 5.41) is 5.97. The number of para-hydroxylation sites is 1. The van der Waals surface area contributed by atoms with Gasteiger partial charge >= 0.3 is 0 Å². The van der Waals surface area contributed by atoms with E-state index in [1.54, 1.807) is 0 Å². The molecule has 0 amide bonds. The van der Waals surface area contributed by atoms with Gasteiger partial charge in [0.15, 0.2) is 0 Å². The summed E-state index contributed by atoms with van der Waals surface area (Å²) in [4.78, 5) is 1.38. The predicted molar refractivity (Wildman–Crippen MR) is 84.8 cm³/mol. The molecule has 0 fully saturated rings. The second-order valence-electron chi connectivity index (χ2n) is 5.31. The fraction of sp³-hybridized carbons (Fsp3) is 0.412. The van der Waals surface area contributed by atoms with Gasteiger partial charge in [0.1, 0.15) is 5.75 Å². The number of benzene rings is 1. The van der Waals surface area contributed by atoms with Gasteiger partial charge in [-0.2, -0.15) is 0 Å². The van der Waals surface area contributed by atoms with Gasteiger partial charge in [0, 0.05) is 16.8 Å². The third kappa shape index (κ3) is 2.60. The van der Waals surface area contributed by atoms with Crippen LogP contribution in [0, 0.1) is 6.92 Å². The lowest BCUT2D eigenvalue weighted by Gasteiger charge is -2.32. The van der Waals surface area contributed by atoms with E-state index in [9.17, 15) is 0 Å². The smallest absolute Gasteiger partial charge is 0.122 e. The third-order valence-corrected chi connectivity index (χ3v) is 4.82. The van der Waals surface area contributed by atoms with Crippen LogP contribution in [0.15, 0.2) is 35.7 Å². The number of rotatable bonds is 4. The van der Waals surface area contributed by atoms with Crippen LogP contribution in [0.5, 0.6) is 5.75 Å². The van der Waals surface area contributed by atoms with Gasteiger partial charge in [0.25, 0.3) is 0 Å². The monoisotopic (exact) mass is 287 g/mol. The molecule has 0 spiro atoms. The highest BCUT2D eigenvalue weighted by Gasteiger charge is 2.29. The second-order valence-corrected chi connectivity index (χ2v) is 6.42. The Balaban J connectivity index is 1.96. The summed E-state index contributed by atoms with van der Waals surface area (Å²) in [6.07, 6.45) is 1.07. The van der Waals surface area contributed by atoms with Crippen LogP contribution in [0.4, 0.5) is 0 Å². The Morgan fingerprint density at radius 3 is 3.00 bits per heavy atom. The van der Waals surface area contributed by atoms with Gasteiger partial charge in [-0.25, -0.2) is 0 Å². The van der Waals surface area contributed by atoms with Gasteiger partial charge in [-0.15, -0.1) is 11.3 Å².